The molecule has 0 spiro atoms. The van der Waals surface area contributed by atoms with E-state index in [1.54, 1.807) is 0 Å². The van der Waals surface area contributed by atoms with Crippen LogP contribution in [0, 0.1) is 11.8 Å². The predicted molar refractivity (Wildman–Crippen MR) is 67.3 cm³/mol. The second-order valence-corrected chi connectivity index (χ2v) is 7.00. The van der Waals surface area contributed by atoms with Crippen molar-refractivity contribution in [3.8, 4) is 0 Å². The molecule has 1 rings (SSSR count). The van der Waals surface area contributed by atoms with Crippen molar-refractivity contribution >= 4 is 20.8 Å². The van der Waals surface area contributed by atoms with Gasteiger partial charge < -0.3 is 0 Å². The molecule has 0 unspecified atom stereocenters. The summed E-state index contributed by atoms with van der Waals surface area (Å²) in [4.78, 5) is 8.44. The topological polar surface area (TPSA) is 195 Å². The first-order chi connectivity index (χ1) is 10.4. The van der Waals surface area contributed by atoms with Crippen LogP contribution in [0.15, 0.2) is 0 Å². The molecule has 1 aliphatic rings. The number of hydrogen-bond donors (Lipinski definition) is 4. The second-order valence-electron chi connectivity index (χ2n) is 4.90. The Morgan fingerprint density at radius 3 is 1.57 bits per heavy atom. The van der Waals surface area contributed by atoms with Crippen LogP contribution in [-0.2, 0) is 44.0 Å². The average Bonchev–Trinajstić information content (AvgIpc) is 2.38. The van der Waals surface area contributed by atoms with Crippen LogP contribution < -0.4 is 0 Å². The molecule has 1 fully saturated rings. The van der Waals surface area contributed by atoms with Gasteiger partial charge in [-0.15, -0.1) is 0 Å². The Kier molecular flexibility index (Phi) is 6.82. The molecule has 0 amide bonds. The van der Waals surface area contributed by atoms with E-state index in [1.165, 1.54) is 13.8 Å². The molecule has 23 heavy (non-hydrogen) atoms. The molecule has 0 aromatic carbocycles. The van der Waals surface area contributed by atoms with Gasteiger partial charge in [-0.2, -0.15) is 21.7 Å². The lowest BCUT2D eigenvalue weighted by Crippen LogP contribution is -2.60. The van der Waals surface area contributed by atoms with Gasteiger partial charge >= 0.3 is 20.8 Å². The minimum absolute atomic E-state index is 1.02. The zero-order valence-corrected chi connectivity index (χ0v) is 13.4. The van der Waals surface area contributed by atoms with Gasteiger partial charge in [0.2, 0.25) is 0 Å². The zero-order valence-electron chi connectivity index (χ0n) is 11.7. The summed E-state index contributed by atoms with van der Waals surface area (Å²) in [5, 5.41) is 20.8. The van der Waals surface area contributed by atoms with Crippen molar-refractivity contribution in [2.45, 2.75) is 38.3 Å². The highest BCUT2D eigenvalue weighted by atomic mass is 32.3. The van der Waals surface area contributed by atoms with Gasteiger partial charge in [-0.05, 0) is 0 Å². The molecular weight excluding hydrogens is 368 g/mol. The van der Waals surface area contributed by atoms with Crippen molar-refractivity contribution in [2.75, 3.05) is 0 Å². The first-order valence-electron chi connectivity index (χ1n) is 5.99. The van der Waals surface area contributed by atoms with E-state index < -0.39 is 57.0 Å². The second kappa shape index (κ2) is 7.62. The molecule has 15 heteroatoms. The molecule has 0 saturated heterocycles. The summed E-state index contributed by atoms with van der Waals surface area (Å²) < 4.78 is 70.0. The van der Waals surface area contributed by atoms with Crippen LogP contribution in [0.1, 0.15) is 13.8 Å². The van der Waals surface area contributed by atoms with E-state index in [9.17, 15) is 16.8 Å². The van der Waals surface area contributed by atoms with Crippen molar-refractivity contribution in [1.29, 1.82) is 0 Å². The average molecular weight is 384 g/mol. The van der Waals surface area contributed by atoms with Crippen molar-refractivity contribution in [1.82, 2.24) is 0 Å². The van der Waals surface area contributed by atoms with E-state index in [0.717, 1.165) is 0 Å². The molecule has 0 aliphatic heterocycles. The van der Waals surface area contributed by atoms with Gasteiger partial charge in [-0.3, -0.25) is 14.4 Å². The van der Waals surface area contributed by atoms with Gasteiger partial charge in [-0.1, -0.05) is 18.9 Å². The molecular formula is C8H16O13S2. The van der Waals surface area contributed by atoms with Crippen LogP contribution in [0.3, 0.4) is 0 Å². The van der Waals surface area contributed by atoms with E-state index in [1.807, 2.05) is 0 Å². The molecule has 0 bridgehead atoms. The summed E-state index contributed by atoms with van der Waals surface area (Å²) in [5.41, 5.74) is 0. The Balaban J connectivity index is 3.24. The zero-order chi connectivity index (χ0) is 18.0. The van der Waals surface area contributed by atoms with Crippen LogP contribution in [0.4, 0.5) is 0 Å². The van der Waals surface area contributed by atoms with E-state index in [2.05, 4.69) is 23.2 Å². The fraction of sp³-hybridized carbons (Fsp3) is 1.00. The van der Waals surface area contributed by atoms with Gasteiger partial charge in [0, 0.05) is 11.8 Å². The van der Waals surface area contributed by atoms with Crippen LogP contribution in [0.2, 0.25) is 0 Å². The molecule has 1 aliphatic carbocycles. The molecule has 138 valence electrons. The molecule has 13 nitrogen and oxygen atoms in total. The Morgan fingerprint density at radius 2 is 1.17 bits per heavy atom. The lowest BCUT2D eigenvalue weighted by atomic mass is 9.75. The largest absolute Gasteiger partial charge is 0.397 e. The number of hydrogen-bond acceptors (Lipinski definition) is 11. The normalized spacial score (nSPS) is 36.1. The predicted octanol–water partition coefficient (Wildman–Crippen LogP) is -0.704. The molecule has 0 radical (unpaired) electrons. The van der Waals surface area contributed by atoms with Crippen LogP contribution in [0.5, 0.6) is 0 Å². The van der Waals surface area contributed by atoms with Gasteiger partial charge in [0.05, 0.1) is 6.10 Å². The summed E-state index contributed by atoms with van der Waals surface area (Å²) in [7, 11) is -9.99. The Hall–Kier alpha value is -0.460. The standard InChI is InChI=1S/C8H16O13S2/c1-3-5(19-22(11,12)13)4(2)7(20-23(14,15)16)8(17-9)6(3)18-21-10/h3-10H,1-2H3,(H,11,12,13)(H,14,15,16)/t3-,4+,5-,6+,7-,8-/m1/s1. The van der Waals surface area contributed by atoms with E-state index in [0.29, 0.717) is 0 Å². The van der Waals surface area contributed by atoms with Crippen molar-refractivity contribution in [3.05, 3.63) is 0 Å². The summed E-state index contributed by atoms with van der Waals surface area (Å²) in [6.07, 6.45) is -6.28. The van der Waals surface area contributed by atoms with E-state index in [-0.39, 0.29) is 0 Å². The van der Waals surface area contributed by atoms with Gasteiger partial charge in [-0.25, -0.2) is 18.5 Å². The monoisotopic (exact) mass is 384 g/mol. The summed E-state index contributed by atoms with van der Waals surface area (Å²) in [5.74, 6) is -2.16. The Labute approximate surface area is 131 Å². The first-order valence-corrected chi connectivity index (χ1v) is 8.72. The first kappa shape index (κ1) is 20.6. The fourth-order valence-electron chi connectivity index (χ4n) is 2.55. The van der Waals surface area contributed by atoms with Crippen LogP contribution in [-0.4, -0.2) is 60.9 Å². The highest BCUT2D eigenvalue weighted by Gasteiger charge is 2.54. The van der Waals surface area contributed by atoms with E-state index >= 15 is 0 Å². The van der Waals surface area contributed by atoms with Gasteiger partial charge in [0.1, 0.15) is 12.2 Å². The lowest BCUT2D eigenvalue weighted by Gasteiger charge is -2.44. The van der Waals surface area contributed by atoms with Gasteiger partial charge in [0.15, 0.2) is 6.10 Å². The van der Waals surface area contributed by atoms with Crippen molar-refractivity contribution in [3.63, 3.8) is 0 Å². The molecule has 4 N–H and O–H groups in total. The third-order valence-corrected chi connectivity index (χ3v) is 4.39. The molecule has 0 heterocycles. The van der Waals surface area contributed by atoms with Crippen molar-refractivity contribution in [2.24, 2.45) is 11.8 Å². The smallest absolute Gasteiger partial charge is 0.264 e. The summed E-state index contributed by atoms with van der Waals surface area (Å²) >= 11 is 0. The maximum absolute atomic E-state index is 10.9. The highest BCUT2D eigenvalue weighted by molar-refractivity contribution is 7.81. The quantitative estimate of drug-likeness (QED) is 0.244. The minimum atomic E-state index is -5.04. The maximum Gasteiger partial charge on any atom is 0.397 e. The molecule has 1 saturated carbocycles. The molecule has 6 atom stereocenters. The third-order valence-electron chi connectivity index (χ3n) is 3.46. The maximum atomic E-state index is 10.9. The molecule has 0 aromatic rings. The van der Waals surface area contributed by atoms with Crippen LogP contribution in [0.25, 0.3) is 0 Å². The lowest BCUT2D eigenvalue weighted by molar-refractivity contribution is -0.527. The number of rotatable bonds is 7. The molecule has 0 aromatic heterocycles. The van der Waals surface area contributed by atoms with Crippen LogP contribution >= 0.6 is 0 Å². The Morgan fingerprint density at radius 1 is 0.739 bits per heavy atom. The Bertz CT molecular complexity index is 585. The fourth-order valence-corrected chi connectivity index (χ4v) is 3.75. The SMILES string of the molecule is C[C@@H]1[C@@H](OS(=O)(=O)O)[C@H](C)[C@@H](OS(=O)(=O)O)[C@H](OO)[C@H]1OOO. The summed E-state index contributed by atoms with van der Waals surface area (Å²) in [6, 6.07) is 0. The third kappa shape index (κ3) is 5.54. The van der Waals surface area contributed by atoms with Gasteiger partial charge in [0.25, 0.3) is 0 Å². The highest BCUT2D eigenvalue weighted by Crippen LogP contribution is 2.38. The van der Waals surface area contributed by atoms with E-state index in [4.69, 9.17) is 19.6 Å². The van der Waals surface area contributed by atoms with Crippen molar-refractivity contribution < 1.29 is 59.6 Å². The minimum Gasteiger partial charge on any atom is -0.264 e. The summed E-state index contributed by atoms with van der Waals surface area (Å²) in [6.45, 7) is 2.55.